The van der Waals surface area contributed by atoms with Gasteiger partial charge in [-0.3, -0.25) is 9.78 Å². The molecule has 2 heterocycles. The number of nitrogens with two attached hydrogens (primary N) is 1. The van der Waals surface area contributed by atoms with Crippen LogP contribution in [-0.4, -0.2) is 47.0 Å². The van der Waals surface area contributed by atoms with Crippen LogP contribution in [0.4, 0.5) is 5.82 Å². The molecule has 0 bridgehead atoms. The van der Waals surface area contributed by atoms with Crippen molar-refractivity contribution in [2.75, 3.05) is 31.1 Å². The third-order valence-electron chi connectivity index (χ3n) is 4.37. The Balaban J connectivity index is 1.64. The van der Waals surface area contributed by atoms with Gasteiger partial charge in [-0.25, -0.2) is 4.98 Å². The van der Waals surface area contributed by atoms with Crippen LogP contribution < -0.4 is 10.6 Å². The lowest BCUT2D eigenvalue weighted by Crippen LogP contribution is -2.51. The standard InChI is InChI=1S/C18H23N5O/c1-13-12-20-14(2)17(21-13)22-8-10-23(11-9-22)18(24)16(19)15-6-4-3-5-7-15/h3-7,12,16H,8-11,19H2,1-2H3/t16-/m1/s1. The number of hydrogen-bond donors (Lipinski definition) is 1. The van der Waals surface area contributed by atoms with Crippen LogP contribution >= 0.6 is 0 Å². The molecule has 1 aliphatic heterocycles. The van der Waals surface area contributed by atoms with Crippen LogP contribution in [0.1, 0.15) is 23.0 Å². The predicted octanol–water partition coefficient (Wildman–Crippen LogP) is 1.44. The van der Waals surface area contributed by atoms with Crippen molar-refractivity contribution in [3.63, 3.8) is 0 Å². The highest BCUT2D eigenvalue weighted by Crippen LogP contribution is 2.19. The van der Waals surface area contributed by atoms with E-state index in [0.29, 0.717) is 13.1 Å². The first-order valence-corrected chi connectivity index (χ1v) is 8.21. The zero-order valence-electron chi connectivity index (χ0n) is 14.1. The van der Waals surface area contributed by atoms with Gasteiger partial charge in [-0.1, -0.05) is 30.3 Å². The van der Waals surface area contributed by atoms with Crippen molar-refractivity contribution in [1.29, 1.82) is 0 Å². The maximum Gasteiger partial charge on any atom is 0.244 e. The number of aryl methyl sites for hydroxylation is 2. The average molecular weight is 325 g/mol. The summed E-state index contributed by atoms with van der Waals surface area (Å²) in [7, 11) is 0. The normalized spacial score (nSPS) is 16.1. The molecule has 0 unspecified atom stereocenters. The van der Waals surface area contributed by atoms with Gasteiger partial charge in [-0.05, 0) is 19.4 Å². The number of rotatable bonds is 3. The van der Waals surface area contributed by atoms with Crippen molar-refractivity contribution in [3.05, 3.63) is 53.5 Å². The predicted molar refractivity (Wildman–Crippen MR) is 93.7 cm³/mol. The van der Waals surface area contributed by atoms with Crippen molar-refractivity contribution >= 4 is 11.7 Å². The second-order valence-electron chi connectivity index (χ2n) is 6.12. The van der Waals surface area contributed by atoms with Crippen molar-refractivity contribution < 1.29 is 4.79 Å². The number of hydrogen-bond acceptors (Lipinski definition) is 5. The van der Waals surface area contributed by atoms with Gasteiger partial charge in [-0.2, -0.15) is 0 Å². The highest BCUT2D eigenvalue weighted by Gasteiger charge is 2.27. The van der Waals surface area contributed by atoms with Crippen molar-refractivity contribution in [3.8, 4) is 0 Å². The van der Waals surface area contributed by atoms with E-state index >= 15 is 0 Å². The molecule has 2 aromatic rings. The topological polar surface area (TPSA) is 75.4 Å². The summed E-state index contributed by atoms with van der Waals surface area (Å²) in [5.41, 5.74) is 8.80. The smallest absolute Gasteiger partial charge is 0.244 e. The van der Waals surface area contributed by atoms with E-state index in [1.165, 1.54) is 0 Å². The number of carbonyl (C=O) groups is 1. The van der Waals surface area contributed by atoms with Crippen LogP contribution in [0.2, 0.25) is 0 Å². The van der Waals surface area contributed by atoms with E-state index < -0.39 is 6.04 Å². The lowest BCUT2D eigenvalue weighted by molar-refractivity contribution is -0.133. The maximum absolute atomic E-state index is 12.6. The van der Waals surface area contributed by atoms with E-state index in [0.717, 1.165) is 35.9 Å². The number of carbonyl (C=O) groups excluding carboxylic acids is 1. The first-order chi connectivity index (χ1) is 11.6. The van der Waals surface area contributed by atoms with Gasteiger partial charge in [0.05, 0.1) is 11.4 Å². The molecular formula is C18H23N5O. The lowest BCUT2D eigenvalue weighted by Gasteiger charge is -2.37. The Bertz CT molecular complexity index is 711. The summed E-state index contributed by atoms with van der Waals surface area (Å²) in [6.07, 6.45) is 1.78. The molecule has 126 valence electrons. The molecule has 0 saturated carbocycles. The van der Waals surface area contributed by atoms with E-state index in [9.17, 15) is 4.79 Å². The molecule has 0 aliphatic carbocycles. The van der Waals surface area contributed by atoms with E-state index in [1.54, 1.807) is 6.20 Å². The van der Waals surface area contributed by atoms with Gasteiger partial charge in [0.25, 0.3) is 0 Å². The van der Waals surface area contributed by atoms with E-state index in [2.05, 4.69) is 14.9 Å². The van der Waals surface area contributed by atoms with Gasteiger partial charge in [-0.15, -0.1) is 0 Å². The Morgan fingerprint density at radius 2 is 1.79 bits per heavy atom. The summed E-state index contributed by atoms with van der Waals surface area (Å²) in [5, 5.41) is 0. The molecule has 1 aromatic heterocycles. The van der Waals surface area contributed by atoms with Crippen LogP contribution in [0.25, 0.3) is 0 Å². The second kappa shape index (κ2) is 6.97. The summed E-state index contributed by atoms with van der Waals surface area (Å²) in [5.74, 6) is 0.891. The highest BCUT2D eigenvalue weighted by molar-refractivity contribution is 5.83. The summed E-state index contributed by atoms with van der Waals surface area (Å²) in [6.45, 7) is 6.68. The molecule has 1 aromatic carbocycles. The number of nitrogens with zero attached hydrogens (tertiary/aromatic N) is 4. The summed E-state index contributed by atoms with van der Waals surface area (Å²) >= 11 is 0. The number of piperazine rings is 1. The molecule has 0 radical (unpaired) electrons. The Kier molecular flexibility index (Phi) is 4.76. The largest absolute Gasteiger partial charge is 0.352 e. The minimum absolute atomic E-state index is 0.0205. The summed E-state index contributed by atoms with van der Waals surface area (Å²) < 4.78 is 0. The molecule has 1 fully saturated rings. The number of anilines is 1. The van der Waals surface area contributed by atoms with Crippen LogP contribution in [0.3, 0.4) is 0 Å². The fourth-order valence-corrected chi connectivity index (χ4v) is 2.96. The molecule has 2 N–H and O–H groups in total. The monoisotopic (exact) mass is 325 g/mol. The molecule has 1 amide bonds. The zero-order chi connectivity index (χ0) is 17.1. The molecule has 6 heteroatoms. The van der Waals surface area contributed by atoms with Gasteiger partial charge >= 0.3 is 0 Å². The number of benzene rings is 1. The van der Waals surface area contributed by atoms with Gasteiger partial charge in [0.1, 0.15) is 11.9 Å². The van der Waals surface area contributed by atoms with Crippen LogP contribution in [-0.2, 0) is 4.79 Å². The molecular weight excluding hydrogens is 302 g/mol. The molecule has 6 nitrogen and oxygen atoms in total. The Hall–Kier alpha value is -2.47. The minimum atomic E-state index is -0.599. The molecule has 1 aliphatic rings. The highest BCUT2D eigenvalue weighted by atomic mass is 16.2. The second-order valence-corrected chi connectivity index (χ2v) is 6.12. The average Bonchev–Trinajstić information content (AvgIpc) is 2.63. The SMILES string of the molecule is Cc1cnc(C)c(N2CCN(C(=O)[C@H](N)c3ccccc3)CC2)n1. The van der Waals surface area contributed by atoms with Gasteiger partial charge in [0, 0.05) is 32.4 Å². The van der Waals surface area contributed by atoms with E-state index in [4.69, 9.17) is 5.73 Å². The minimum Gasteiger partial charge on any atom is -0.352 e. The third-order valence-corrected chi connectivity index (χ3v) is 4.37. The fraction of sp³-hybridized carbons (Fsp3) is 0.389. The van der Waals surface area contributed by atoms with Crippen LogP contribution in [0, 0.1) is 13.8 Å². The number of amides is 1. The van der Waals surface area contributed by atoms with E-state index in [1.807, 2.05) is 49.1 Å². The van der Waals surface area contributed by atoms with Crippen LogP contribution in [0.15, 0.2) is 36.5 Å². The molecule has 1 atom stereocenters. The molecule has 1 saturated heterocycles. The van der Waals surface area contributed by atoms with Crippen molar-refractivity contribution in [2.45, 2.75) is 19.9 Å². The van der Waals surface area contributed by atoms with Crippen molar-refractivity contribution in [1.82, 2.24) is 14.9 Å². The Morgan fingerprint density at radius 1 is 1.12 bits per heavy atom. The summed E-state index contributed by atoms with van der Waals surface area (Å²) in [6, 6.07) is 8.91. The van der Waals surface area contributed by atoms with Gasteiger partial charge in [0.2, 0.25) is 5.91 Å². The first kappa shape index (κ1) is 16.4. The Morgan fingerprint density at radius 3 is 2.46 bits per heavy atom. The third kappa shape index (κ3) is 3.38. The molecule has 0 spiro atoms. The van der Waals surface area contributed by atoms with E-state index in [-0.39, 0.29) is 5.91 Å². The van der Waals surface area contributed by atoms with Gasteiger partial charge in [0.15, 0.2) is 0 Å². The van der Waals surface area contributed by atoms with Gasteiger partial charge < -0.3 is 15.5 Å². The molecule has 3 rings (SSSR count). The maximum atomic E-state index is 12.6. The summed E-state index contributed by atoms with van der Waals surface area (Å²) in [4.78, 5) is 25.6. The first-order valence-electron chi connectivity index (χ1n) is 8.21. The number of aromatic nitrogens is 2. The fourth-order valence-electron chi connectivity index (χ4n) is 2.96. The zero-order valence-corrected chi connectivity index (χ0v) is 14.1. The quantitative estimate of drug-likeness (QED) is 0.924. The van der Waals surface area contributed by atoms with Crippen LogP contribution in [0.5, 0.6) is 0 Å². The lowest BCUT2D eigenvalue weighted by atomic mass is 10.1. The Labute approximate surface area is 142 Å². The molecule has 24 heavy (non-hydrogen) atoms. The van der Waals surface area contributed by atoms with Crippen molar-refractivity contribution in [2.24, 2.45) is 5.73 Å².